The molecule has 0 atom stereocenters. The number of aryl methyl sites for hydroxylation is 1. The predicted molar refractivity (Wildman–Crippen MR) is 108 cm³/mol. The van der Waals surface area contributed by atoms with Gasteiger partial charge in [0.2, 0.25) is 0 Å². The molecule has 7 nitrogen and oxygen atoms in total. The summed E-state index contributed by atoms with van der Waals surface area (Å²) in [4.78, 5) is 23.3. The Hall–Kier alpha value is -2.74. The summed E-state index contributed by atoms with van der Waals surface area (Å²) in [7, 11) is -3.53. The van der Waals surface area contributed by atoms with Crippen molar-refractivity contribution in [3.8, 4) is 11.3 Å². The molecule has 3 rings (SSSR count). The van der Waals surface area contributed by atoms with E-state index in [9.17, 15) is 13.2 Å². The third-order valence-electron chi connectivity index (χ3n) is 4.04. The number of aromatic nitrogens is 3. The summed E-state index contributed by atoms with van der Waals surface area (Å²) < 4.78 is 29.5. The van der Waals surface area contributed by atoms with Gasteiger partial charge in [0.15, 0.2) is 9.84 Å². The Morgan fingerprint density at radius 3 is 2.50 bits per heavy atom. The highest BCUT2D eigenvalue weighted by molar-refractivity contribution is 7.92. The van der Waals surface area contributed by atoms with Gasteiger partial charge in [-0.25, -0.2) is 18.4 Å². The monoisotopic (exact) mass is 401 g/mol. The van der Waals surface area contributed by atoms with Crippen LogP contribution in [-0.4, -0.2) is 46.4 Å². The summed E-state index contributed by atoms with van der Waals surface area (Å²) in [5, 5.41) is 0.926. The zero-order valence-corrected chi connectivity index (χ0v) is 16.9. The van der Waals surface area contributed by atoms with E-state index in [1.165, 1.54) is 6.33 Å². The molecule has 0 spiro atoms. The Morgan fingerprint density at radius 2 is 1.82 bits per heavy atom. The van der Waals surface area contributed by atoms with E-state index in [1.54, 1.807) is 20.8 Å². The van der Waals surface area contributed by atoms with Crippen molar-refractivity contribution in [2.24, 2.45) is 0 Å². The molecule has 0 aliphatic carbocycles. The van der Waals surface area contributed by atoms with Crippen molar-refractivity contribution in [3.05, 3.63) is 48.4 Å². The van der Waals surface area contributed by atoms with Crippen molar-refractivity contribution in [1.82, 2.24) is 15.0 Å². The summed E-state index contributed by atoms with van der Waals surface area (Å²) in [6.45, 7) is 5.12. The third kappa shape index (κ3) is 5.16. The summed E-state index contributed by atoms with van der Waals surface area (Å²) in [5.74, 6) is -1.43. The Labute approximate surface area is 164 Å². The number of hydrogen-bond acceptors (Lipinski definition) is 6. The molecule has 0 amide bonds. The number of nitrogens with zero attached hydrogens (tertiary/aromatic N) is 2. The van der Waals surface area contributed by atoms with Crippen LogP contribution in [0.3, 0.4) is 0 Å². The maximum atomic E-state index is 12.2. The van der Waals surface area contributed by atoms with Gasteiger partial charge in [0.05, 0.1) is 11.4 Å². The van der Waals surface area contributed by atoms with Crippen LogP contribution in [0.1, 0.15) is 26.3 Å². The molecule has 0 bridgehead atoms. The molecule has 0 aliphatic heterocycles. The number of aromatic amines is 1. The number of carbonyl (C=O) groups excluding carboxylic acids is 1. The van der Waals surface area contributed by atoms with Gasteiger partial charge in [0.25, 0.3) is 0 Å². The SMILES string of the molecule is CC(C)(C)OC(=O)CS(=O)(=O)CCc1ccc(-c2ncnc3[nH]ccc23)cc1. The molecule has 2 heterocycles. The summed E-state index contributed by atoms with van der Waals surface area (Å²) >= 11 is 0. The van der Waals surface area contributed by atoms with Crippen LogP contribution < -0.4 is 0 Å². The zero-order chi connectivity index (χ0) is 20.4. The fraction of sp³-hybridized carbons (Fsp3) is 0.350. The number of ether oxygens (including phenoxy) is 1. The molecule has 0 radical (unpaired) electrons. The molecule has 3 aromatic rings. The maximum Gasteiger partial charge on any atom is 0.321 e. The molecule has 0 saturated carbocycles. The first-order chi connectivity index (χ1) is 13.1. The second-order valence-corrected chi connectivity index (χ2v) is 9.77. The van der Waals surface area contributed by atoms with Crippen molar-refractivity contribution >= 4 is 26.8 Å². The van der Waals surface area contributed by atoms with Crippen molar-refractivity contribution in [1.29, 1.82) is 0 Å². The van der Waals surface area contributed by atoms with Crippen LogP contribution in [0, 0.1) is 0 Å². The van der Waals surface area contributed by atoms with E-state index in [2.05, 4.69) is 15.0 Å². The van der Waals surface area contributed by atoms with Crippen LogP contribution >= 0.6 is 0 Å². The van der Waals surface area contributed by atoms with Crippen LogP contribution in [0.15, 0.2) is 42.9 Å². The number of nitrogens with one attached hydrogen (secondary N) is 1. The van der Waals surface area contributed by atoms with Crippen molar-refractivity contribution in [2.45, 2.75) is 32.8 Å². The molecule has 8 heteroatoms. The van der Waals surface area contributed by atoms with E-state index >= 15 is 0 Å². The van der Waals surface area contributed by atoms with Gasteiger partial charge in [0, 0.05) is 17.1 Å². The van der Waals surface area contributed by atoms with Gasteiger partial charge in [-0.3, -0.25) is 4.79 Å². The van der Waals surface area contributed by atoms with Crippen LogP contribution in [0.5, 0.6) is 0 Å². The number of H-pyrrole nitrogens is 1. The molecule has 1 N–H and O–H groups in total. The molecular weight excluding hydrogens is 378 g/mol. The molecule has 2 aromatic heterocycles. The molecule has 1 aromatic carbocycles. The number of hydrogen-bond donors (Lipinski definition) is 1. The standard InChI is InChI=1S/C20H23N3O4S/c1-20(2,3)27-17(24)12-28(25,26)11-9-14-4-6-15(7-5-14)18-16-8-10-21-19(16)23-13-22-18/h4-8,10,13H,9,11-12H2,1-3H3,(H,21,22,23). The fourth-order valence-corrected chi connectivity index (χ4v) is 3.94. The van der Waals surface area contributed by atoms with E-state index in [0.717, 1.165) is 27.9 Å². The van der Waals surface area contributed by atoms with Gasteiger partial charge >= 0.3 is 5.97 Å². The van der Waals surface area contributed by atoms with E-state index in [4.69, 9.17) is 4.74 Å². The zero-order valence-electron chi connectivity index (χ0n) is 16.1. The Morgan fingerprint density at radius 1 is 1.11 bits per heavy atom. The lowest BCUT2D eigenvalue weighted by atomic mass is 10.1. The number of carbonyl (C=O) groups is 1. The van der Waals surface area contributed by atoms with Crippen LogP contribution in [0.25, 0.3) is 22.3 Å². The van der Waals surface area contributed by atoms with E-state index in [0.29, 0.717) is 6.42 Å². The number of fused-ring (bicyclic) bond motifs is 1. The highest BCUT2D eigenvalue weighted by Crippen LogP contribution is 2.25. The van der Waals surface area contributed by atoms with Gasteiger partial charge in [-0.05, 0) is 38.8 Å². The van der Waals surface area contributed by atoms with Gasteiger partial charge in [0.1, 0.15) is 23.3 Å². The average Bonchev–Trinajstić information content (AvgIpc) is 3.07. The quantitative estimate of drug-likeness (QED) is 0.637. The summed E-state index contributed by atoms with van der Waals surface area (Å²) in [6, 6.07) is 9.48. The smallest absolute Gasteiger partial charge is 0.321 e. The van der Waals surface area contributed by atoms with Crippen molar-refractivity contribution < 1.29 is 17.9 Å². The van der Waals surface area contributed by atoms with E-state index in [-0.39, 0.29) is 5.75 Å². The molecule has 0 saturated heterocycles. The highest BCUT2D eigenvalue weighted by Gasteiger charge is 2.22. The van der Waals surface area contributed by atoms with Crippen LogP contribution in [0.2, 0.25) is 0 Å². The highest BCUT2D eigenvalue weighted by atomic mass is 32.2. The normalized spacial score (nSPS) is 12.2. The minimum Gasteiger partial charge on any atom is -0.459 e. The first kappa shape index (κ1) is 20.0. The van der Waals surface area contributed by atoms with E-state index < -0.39 is 27.2 Å². The van der Waals surface area contributed by atoms with Gasteiger partial charge in [-0.15, -0.1) is 0 Å². The number of rotatable bonds is 6. The van der Waals surface area contributed by atoms with Gasteiger partial charge in [-0.2, -0.15) is 0 Å². The number of esters is 1. The summed E-state index contributed by atoms with van der Waals surface area (Å²) in [6.07, 6.45) is 3.65. The first-order valence-electron chi connectivity index (χ1n) is 8.93. The molecule has 28 heavy (non-hydrogen) atoms. The summed E-state index contributed by atoms with van der Waals surface area (Å²) in [5.41, 5.74) is 2.68. The molecule has 148 valence electrons. The molecule has 0 aliphatic rings. The molecular formula is C20H23N3O4S. The lowest BCUT2D eigenvalue weighted by molar-refractivity contribution is -0.151. The third-order valence-corrected chi connectivity index (χ3v) is 5.54. The molecule has 0 fully saturated rings. The van der Waals surface area contributed by atoms with Crippen molar-refractivity contribution in [2.75, 3.05) is 11.5 Å². The second kappa shape index (κ2) is 7.71. The second-order valence-electron chi connectivity index (χ2n) is 7.59. The number of sulfone groups is 1. The largest absolute Gasteiger partial charge is 0.459 e. The molecule has 0 unspecified atom stereocenters. The lowest BCUT2D eigenvalue weighted by Gasteiger charge is -2.19. The minimum atomic E-state index is -3.53. The average molecular weight is 401 g/mol. The lowest BCUT2D eigenvalue weighted by Crippen LogP contribution is -2.29. The maximum absolute atomic E-state index is 12.2. The Kier molecular flexibility index (Phi) is 5.51. The van der Waals surface area contributed by atoms with Crippen molar-refractivity contribution in [3.63, 3.8) is 0 Å². The fourth-order valence-electron chi connectivity index (χ4n) is 2.83. The first-order valence-corrected chi connectivity index (χ1v) is 10.7. The topological polar surface area (TPSA) is 102 Å². The Bertz CT molecular complexity index is 1080. The van der Waals surface area contributed by atoms with Crippen LogP contribution in [-0.2, 0) is 25.8 Å². The Balaban J connectivity index is 1.65. The van der Waals surface area contributed by atoms with Gasteiger partial charge < -0.3 is 9.72 Å². The predicted octanol–water partition coefficient (Wildman–Crippen LogP) is 2.92. The van der Waals surface area contributed by atoms with Gasteiger partial charge in [-0.1, -0.05) is 24.3 Å². The minimum absolute atomic E-state index is 0.110. The van der Waals surface area contributed by atoms with Crippen LogP contribution in [0.4, 0.5) is 0 Å². The number of benzene rings is 1. The van der Waals surface area contributed by atoms with E-state index in [1.807, 2.05) is 36.5 Å².